The lowest BCUT2D eigenvalue weighted by Gasteiger charge is -2.12. The number of nitrogens with one attached hydrogen (secondary N) is 2. The van der Waals surface area contributed by atoms with Gasteiger partial charge in [-0.25, -0.2) is 0 Å². The first-order valence-corrected chi connectivity index (χ1v) is 7.59. The zero-order chi connectivity index (χ0) is 15.7. The molecule has 0 bridgehead atoms. The highest BCUT2D eigenvalue weighted by Gasteiger charge is 2.08. The Balaban J connectivity index is 2.66. The second-order valence-corrected chi connectivity index (χ2v) is 5.28. The normalized spacial score (nSPS) is 12.3. The molecule has 3 N–H and O–H groups in total. The highest BCUT2D eigenvalue weighted by atomic mass is 16.5. The van der Waals surface area contributed by atoms with E-state index < -0.39 is 0 Å². The molecule has 0 saturated carbocycles. The van der Waals surface area contributed by atoms with Crippen LogP contribution in [0.5, 0.6) is 6.01 Å². The van der Waals surface area contributed by atoms with Crippen molar-refractivity contribution in [2.75, 3.05) is 23.7 Å². The second kappa shape index (κ2) is 9.33. The Morgan fingerprint density at radius 2 is 1.67 bits per heavy atom. The molecule has 7 nitrogen and oxygen atoms in total. The van der Waals surface area contributed by atoms with Gasteiger partial charge in [-0.3, -0.25) is 0 Å². The number of ether oxygens (including phenoxy) is 1. The van der Waals surface area contributed by atoms with Crippen LogP contribution >= 0.6 is 0 Å². The third-order valence-corrected chi connectivity index (χ3v) is 2.57. The van der Waals surface area contributed by atoms with Crippen LogP contribution in [0.25, 0.3) is 0 Å². The first-order chi connectivity index (χ1) is 10.0. The summed E-state index contributed by atoms with van der Waals surface area (Å²) in [6.45, 7) is 9.21. The summed E-state index contributed by atoms with van der Waals surface area (Å²) in [5, 5.41) is 15.5. The van der Waals surface area contributed by atoms with E-state index in [0.717, 1.165) is 25.8 Å². The predicted molar refractivity (Wildman–Crippen MR) is 83.8 cm³/mol. The molecule has 1 aromatic heterocycles. The number of hydrogen-bond acceptors (Lipinski definition) is 7. The molecule has 0 aliphatic carbocycles. The van der Waals surface area contributed by atoms with Gasteiger partial charge in [-0.1, -0.05) is 6.92 Å². The fraction of sp³-hybridized carbons (Fsp3) is 0.786. The third kappa shape index (κ3) is 7.65. The lowest BCUT2D eigenvalue weighted by molar-refractivity contribution is 0.183. The molecule has 7 heteroatoms. The molecule has 0 aliphatic rings. The number of aliphatic hydroxyl groups excluding tert-OH is 1. The lowest BCUT2D eigenvalue weighted by Crippen LogP contribution is -2.15. The van der Waals surface area contributed by atoms with E-state index in [1.807, 2.05) is 13.8 Å². The summed E-state index contributed by atoms with van der Waals surface area (Å²) in [5.41, 5.74) is 0. The van der Waals surface area contributed by atoms with Crippen LogP contribution in [0.2, 0.25) is 0 Å². The van der Waals surface area contributed by atoms with E-state index in [1.165, 1.54) is 0 Å². The van der Waals surface area contributed by atoms with Gasteiger partial charge in [0.1, 0.15) is 0 Å². The monoisotopic (exact) mass is 297 g/mol. The summed E-state index contributed by atoms with van der Waals surface area (Å²) in [5.74, 6) is 1.00. The molecule has 1 unspecified atom stereocenters. The summed E-state index contributed by atoms with van der Waals surface area (Å²) in [6, 6.07) is 0.316. The van der Waals surface area contributed by atoms with E-state index in [4.69, 9.17) is 4.74 Å². The van der Waals surface area contributed by atoms with Gasteiger partial charge in [-0.2, -0.15) is 15.0 Å². The van der Waals surface area contributed by atoms with Gasteiger partial charge >= 0.3 is 6.01 Å². The average Bonchev–Trinajstić information content (AvgIpc) is 2.40. The van der Waals surface area contributed by atoms with E-state index in [1.54, 1.807) is 6.92 Å². The number of rotatable bonds is 10. The maximum absolute atomic E-state index is 9.23. The van der Waals surface area contributed by atoms with Gasteiger partial charge in [-0.05, 0) is 40.0 Å². The Labute approximate surface area is 126 Å². The number of anilines is 2. The van der Waals surface area contributed by atoms with Crippen molar-refractivity contribution in [3.8, 4) is 6.01 Å². The molecule has 1 heterocycles. The summed E-state index contributed by atoms with van der Waals surface area (Å²) in [7, 11) is 0. The summed E-state index contributed by atoms with van der Waals surface area (Å²) in [6.07, 6.45) is 2.31. The first kappa shape index (κ1) is 17.4. The van der Waals surface area contributed by atoms with Crippen molar-refractivity contribution in [2.45, 2.75) is 59.2 Å². The molecular formula is C14H27N5O2. The predicted octanol–water partition coefficient (Wildman–Crippen LogP) is 2.05. The van der Waals surface area contributed by atoms with Gasteiger partial charge in [0.05, 0.1) is 12.2 Å². The van der Waals surface area contributed by atoms with Crippen molar-refractivity contribution in [1.29, 1.82) is 0 Å². The van der Waals surface area contributed by atoms with Crippen LogP contribution in [-0.2, 0) is 0 Å². The molecule has 1 aromatic rings. The van der Waals surface area contributed by atoms with Crippen molar-refractivity contribution >= 4 is 11.9 Å². The molecule has 0 aliphatic heterocycles. The van der Waals surface area contributed by atoms with Crippen LogP contribution in [0, 0.1) is 0 Å². The summed E-state index contributed by atoms with van der Waals surface area (Å²) < 4.78 is 5.54. The molecule has 0 fully saturated rings. The van der Waals surface area contributed by atoms with Crippen molar-refractivity contribution in [3.05, 3.63) is 0 Å². The molecular weight excluding hydrogens is 270 g/mol. The Hall–Kier alpha value is -1.63. The molecule has 0 amide bonds. The maximum atomic E-state index is 9.23. The minimum Gasteiger partial charge on any atom is -0.461 e. The van der Waals surface area contributed by atoms with Crippen molar-refractivity contribution in [2.24, 2.45) is 0 Å². The van der Waals surface area contributed by atoms with E-state index >= 15 is 0 Å². The molecule has 0 aromatic carbocycles. The molecule has 0 radical (unpaired) electrons. The Morgan fingerprint density at radius 3 is 2.19 bits per heavy atom. The smallest absolute Gasteiger partial charge is 0.323 e. The number of hydrogen-bond donors (Lipinski definition) is 3. The van der Waals surface area contributed by atoms with Gasteiger partial charge in [-0.15, -0.1) is 0 Å². The van der Waals surface area contributed by atoms with Gasteiger partial charge in [0.15, 0.2) is 0 Å². The van der Waals surface area contributed by atoms with Crippen molar-refractivity contribution < 1.29 is 9.84 Å². The van der Waals surface area contributed by atoms with Crippen LogP contribution in [-0.4, -0.2) is 45.4 Å². The van der Waals surface area contributed by atoms with Crippen LogP contribution in [0.1, 0.15) is 47.0 Å². The standard InChI is InChI=1S/C14H27N5O2/c1-5-8-15-12-17-13(16-9-6-7-11(4)20)19-14(18-12)21-10(2)3/h10-11,20H,5-9H2,1-4H3,(H2,15,16,17,18,19). The topological polar surface area (TPSA) is 92.2 Å². The number of aliphatic hydroxyl groups is 1. The van der Waals surface area contributed by atoms with E-state index in [2.05, 4.69) is 32.5 Å². The van der Waals surface area contributed by atoms with Crippen molar-refractivity contribution in [3.63, 3.8) is 0 Å². The average molecular weight is 297 g/mol. The largest absolute Gasteiger partial charge is 0.461 e. The van der Waals surface area contributed by atoms with E-state index in [9.17, 15) is 5.11 Å². The van der Waals surface area contributed by atoms with Crippen LogP contribution in [0.4, 0.5) is 11.9 Å². The summed E-state index contributed by atoms with van der Waals surface area (Å²) >= 11 is 0. The fourth-order valence-corrected chi connectivity index (χ4v) is 1.61. The second-order valence-electron chi connectivity index (χ2n) is 5.28. The number of nitrogens with zero attached hydrogens (tertiary/aromatic N) is 3. The quantitative estimate of drug-likeness (QED) is 0.569. The SMILES string of the molecule is CCCNc1nc(NCCCC(C)O)nc(OC(C)C)n1. The molecule has 120 valence electrons. The first-order valence-electron chi connectivity index (χ1n) is 7.59. The summed E-state index contributed by atoms with van der Waals surface area (Å²) in [4.78, 5) is 12.8. The van der Waals surface area contributed by atoms with E-state index in [0.29, 0.717) is 24.5 Å². The van der Waals surface area contributed by atoms with Gasteiger partial charge in [0.2, 0.25) is 11.9 Å². The minimum absolute atomic E-state index is 0.00881. The Bertz CT molecular complexity index is 412. The van der Waals surface area contributed by atoms with Crippen molar-refractivity contribution in [1.82, 2.24) is 15.0 Å². The Morgan fingerprint density at radius 1 is 1.05 bits per heavy atom. The van der Waals surface area contributed by atoms with Gasteiger partial charge < -0.3 is 20.5 Å². The molecule has 1 atom stereocenters. The molecule has 21 heavy (non-hydrogen) atoms. The van der Waals surface area contributed by atoms with Gasteiger partial charge in [0.25, 0.3) is 0 Å². The highest BCUT2D eigenvalue weighted by Crippen LogP contribution is 2.13. The molecule has 0 saturated heterocycles. The fourth-order valence-electron chi connectivity index (χ4n) is 1.61. The molecule has 1 rings (SSSR count). The Kier molecular flexibility index (Phi) is 7.74. The van der Waals surface area contributed by atoms with Gasteiger partial charge in [0, 0.05) is 13.1 Å². The van der Waals surface area contributed by atoms with Crippen LogP contribution < -0.4 is 15.4 Å². The van der Waals surface area contributed by atoms with Crippen LogP contribution in [0.15, 0.2) is 0 Å². The molecule has 0 spiro atoms. The number of aromatic nitrogens is 3. The maximum Gasteiger partial charge on any atom is 0.323 e. The zero-order valence-corrected chi connectivity index (χ0v) is 13.4. The highest BCUT2D eigenvalue weighted by molar-refractivity contribution is 5.35. The van der Waals surface area contributed by atoms with E-state index in [-0.39, 0.29) is 12.2 Å². The zero-order valence-electron chi connectivity index (χ0n) is 13.4. The third-order valence-electron chi connectivity index (χ3n) is 2.57. The minimum atomic E-state index is -0.285. The van der Waals surface area contributed by atoms with Crippen LogP contribution in [0.3, 0.4) is 0 Å². The lowest BCUT2D eigenvalue weighted by atomic mass is 10.2.